The number of anilines is 3. The molecule has 35 heavy (non-hydrogen) atoms. The van der Waals surface area contributed by atoms with Crippen LogP contribution in [0.25, 0.3) is 11.1 Å². The molecule has 0 unspecified atom stereocenters. The molecule has 1 N–H and O–H groups in total. The lowest BCUT2D eigenvalue weighted by Crippen LogP contribution is -2.33. The zero-order valence-corrected chi connectivity index (χ0v) is 19.7. The standard InChI is InChI=1S/C26H21F3N4OS/c1-16(2)31-20-8-3-17(4-9-20)18-5-10-21(11-6-18)32-15-24(34)33(25(32)35)22-12-7-19(14-30)23(13-22)26(27,28)29/h3-13,16,31H,15H2,1-2H3. The summed E-state index contributed by atoms with van der Waals surface area (Å²) in [4.78, 5) is 15.4. The minimum absolute atomic E-state index is 0.0273. The van der Waals surface area contributed by atoms with Gasteiger partial charge in [-0.2, -0.15) is 18.4 Å². The number of amides is 1. The summed E-state index contributed by atoms with van der Waals surface area (Å²) in [6, 6.07) is 20.5. The third-order valence-corrected chi connectivity index (χ3v) is 5.91. The predicted molar refractivity (Wildman–Crippen MR) is 134 cm³/mol. The maximum atomic E-state index is 13.4. The maximum Gasteiger partial charge on any atom is 0.417 e. The lowest BCUT2D eigenvalue weighted by molar-refractivity contribution is -0.137. The first-order valence-electron chi connectivity index (χ1n) is 10.8. The SMILES string of the molecule is CC(C)Nc1ccc(-c2ccc(N3CC(=O)N(c4ccc(C#N)c(C(F)(F)F)c4)C3=S)cc2)cc1. The van der Waals surface area contributed by atoms with Gasteiger partial charge in [-0.3, -0.25) is 9.69 Å². The molecule has 1 aliphatic heterocycles. The molecular weight excluding hydrogens is 473 g/mol. The van der Waals surface area contributed by atoms with Gasteiger partial charge in [-0.1, -0.05) is 24.3 Å². The van der Waals surface area contributed by atoms with Gasteiger partial charge in [-0.25, -0.2) is 0 Å². The topological polar surface area (TPSA) is 59.4 Å². The fourth-order valence-electron chi connectivity index (χ4n) is 3.89. The van der Waals surface area contributed by atoms with Crippen LogP contribution in [0.1, 0.15) is 25.0 Å². The molecule has 0 radical (unpaired) electrons. The number of alkyl halides is 3. The Morgan fingerprint density at radius 3 is 2.09 bits per heavy atom. The van der Waals surface area contributed by atoms with Gasteiger partial charge >= 0.3 is 6.18 Å². The van der Waals surface area contributed by atoms with E-state index in [1.807, 2.05) is 48.5 Å². The van der Waals surface area contributed by atoms with E-state index in [-0.39, 0.29) is 17.3 Å². The van der Waals surface area contributed by atoms with Gasteiger partial charge < -0.3 is 10.2 Å². The van der Waals surface area contributed by atoms with Crippen LogP contribution in [-0.4, -0.2) is 23.6 Å². The molecular formula is C26H21F3N4OS. The fraction of sp³-hybridized carbons (Fsp3) is 0.192. The number of carbonyl (C=O) groups excluding carboxylic acids is 1. The Labute approximate surface area is 206 Å². The van der Waals surface area contributed by atoms with Crippen LogP contribution in [0.4, 0.5) is 30.2 Å². The summed E-state index contributed by atoms with van der Waals surface area (Å²) < 4.78 is 40.2. The van der Waals surface area contributed by atoms with E-state index < -0.39 is 23.2 Å². The van der Waals surface area contributed by atoms with Gasteiger partial charge in [0.15, 0.2) is 5.11 Å². The Balaban J connectivity index is 1.56. The van der Waals surface area contributed by atoms with Gasteiger partial charge in [0.2, 0.25) is 0 Å². The molecule has 1 heterocycles. The van der Waals surface area contributed by atoms with Crippen LogP contribution < -0.4 is 15.1 Å². The molecule has 0 saturated carbocycles. The van der Waals surface area contributed by atoms with Crippen molar-refractivity contribution in [2.45, 2.75) is 26.1 Å². The highest BCUT2D eigenvalue weighted by atomic mass is 32.1. The maximum absolute atomic E-state index is 13.4. The molecule has 3 aromatic carbocycles. The zero-order chi connectivity index (χ0) is 25.3. The number of nitriles is 1. The number of nitrogens with zero attached hydrogens (tertiary/aromatic N) is 3. The number of rotatable bonds is 5. The van der Waals surface area contributed by atoms with Gasteiger partial charge in [0, 0.05) is 17.4 Å². The lowest BCUT2D eigenvalue weighted by atomic mass is 10.0. The van der Waals surface area contributed by atoms with Crippen molar-refractivity contribution in [2.75, 3.05) is 21.7 Å². The normalized spacial score (nSPS) is 14.0. The molecule has 0 spiro atoms. The van der Waals surface area contributed by atoms with Crippen LogP contribution in [-0.2, 0) is 11.0 Å². The highest BCUT2D eigenvalue weighted by Crippen LogP contribution is 2.36. The van der Waals surface area contributed by atoms with E-state index >= 15 is 0 Å². The molecule has 1 amide bonds. The van der Waals surface area contributed by atoms with Crippen molar-refractivity contribution in [3.05, 3.63) is 77.9 Å². The van der Waals surface area contributed by atoms with Crippen molar-refractivity contribution in [3.63, 3.8) is 0 Å². The molecule has 9 heteroatoms. The zero-order valence-electron chi connectivity index (χ0n) is 18.9. The summed E-state index contributed by atoms with van der Waals surface area (Å²) in [7, 11) is 0. The average Bonchev–Trinajstić information content (AvgIpc) is 3.12. The number of carbonyl (C=O) groups is 1. The van der Waals surface area contributed by atoms with Crippen LogP contribution >= 0.6 is 12.2 Å². The number of thiocarbonyl (C=S) groups is 1. The van der Waals surface area contributed by atoms with Crippen molar-refractivity contribution in [3.8, 4) is 17.2 Å². The van der Waals surface area contributed by atoms with Gasteiger partial charge in [0.1, 0.15) is 6.54 Å². The molecule has 1 aliphatic rings. The first-order chi connectivity index (χ1) is 16.6. The Morgan fingerprint density at radius 1 is 0.971 bits per heavy atom. The van der Waals surface area contributed by atoms with E-state index in [1.54, 1.807) is 4.90 Å². The van der Waals surface area contributed by atoms with Gasteiger partial charge in [-0.15, -0.1) is 0 Å². The van der Waals surface area contributed by atoms with E-state index in [2.05, 4.69) is 19.2 Å². The van der Waals surface area contributed by atoms with Crippen LogP contribution in [0.5, 0.6) is 0 Å². The number of halogens is 3. The molecule has 0 aromatic heterocycles. The summed E-state index contributed by atoms with van der Waals surface area (Å²) in [5, 5.41) is 12.4. The quantitative estimate of drug-likeness (QED) is 0.428. The van der Waals surface area contributed by atoms with Crippen LogP contribution in [0.15, 0.2) is 66.7 Å². The number of benzene rings is 3. The van der Waals surface area contributed by atoms with E-state index in [1.165, 1.54) is 12.1 Å². The van der Waals surface area contributed by atoms with Crippen molar-refractivity contribution < 1.29 is 18.0 Å². The molecule has 5 nitrogen and oxygen atoms in total. The molecule has 1 saturated heterocycles. The number of nitrogens with one attached hydrogen (secondary N) is 1. The first kappa shape index (κ1) is 24.2. The first-order valence-corrected chi connectivity index (χ1v) is 11.2. The van der Waals surface area contributed by atoms with Gasteiger partial charge in [-0.05, 0) is 79.7 Å². The largest absolute Gasteiger partial charge is 0.417 e. The predicted octanol–water partition coefficient (Wildman–Crippen LogP) is 6.20. The second-order valence-electron chi connectivity index (χ2n) is 8.36. The van der Waals surface area contributed by atoms with E-state index in [0.717, 1.165) is 33.8 Å². The van der Waals surface area contributed by atoms with E-state index in [9.17, 15) is 18.0 Å². The monoisotopic (exact) mass is 494 g/mol. The van der Waals surface area contributed by atoms with Gasteiger partial charge in [0.25, 0.3) is 5.91 Å². The van der Waals surface area contributed by atoms with Crippen molar-refractivity contribution in [1.82, 2.24) is 0 Å². The van der Waals surface area contributed by atoms with Crippen LogP contribution in [0.2, 0.25) is 0 Å². The van der Waals surface area contributed by atoms with Gasteiger partial charge in [0.05, 0.1) is 22.9 Å². The summed E-state index contributed by atoms with van der Waals surface area (Å²) >= 11 is 5.45. The van der Waals surface area contributed by atoms with Crippen molar-refractivity contribution in [1.29, 1.82) is 5.26 Å². The smallest absolute Gasteiger partial charge is 0.383 e. The summed E-state index contributed by atoms with van der Waals surface area (Å²) in [6.45, 7) is 4.03. The fourth-order valence-corrected chi connectivity index (χ4v) is 4.26. The number of hydrogen-bond acceptors (Lipinski definition) is 4. The average molecular weight is 495 g/mol. The highest BCUT2D eigenvalue weighted by Gasteiger charge is 2.38. The minimum atomic E-state index is -4.73. The third kappa shape index (κ3) is 4.98. The Kier molecular flexibility index (Phi) is 6.50. The Morgan fingerprint density at radius 2 is 1.54 bits per heavy atom. The molecule has 0 bridgehead atoms. The Bertz CT molecular complexity index is 1310. The summed E-state index contributed by atoms with van der Waals surface area (Å²) in [5.74, 6) is -0.454. The second kappa shape index (κ2) is 9.39. The number of hydrogen-bond donors (Lipinski definition) is 1. The second-order valence-corrected chi connectivity index (χ2v) is 8.73. The third-order valence-electron chi connectivity index (χ3n) is 5.50. The molecule has 0 atom stereocenters. The molecule has 4 rings (SSSR count). The van der Waals surface area contributed by atoms with Crippen molar-refractivity contribution >= 4 is 40.3 Å². The van der Waals surface area contributed by atoms with Crippen LogP contribution in [0.3, 0.4) is 0 Å². The molecule has 0 aliphatic carbocycles. The van der Waals surface area contributed by atoms with E-state index in [4.69, 9.17) is 17.5 Å². The molecule has 1 fully saturated rings. The molecule has 3 aromatic rings. The summed E-state index contributed by atoms with van der Waals surface area (Å²) in [6.07, 6.45) is -4.73. The molecule has 178 valence electrons. The van der Waals surface area contributed by atoms with Crippen LogP contribution in [0, 0.1) is 11.3 Å². The van der Waals surface area contributed by atoms with Crippen molar-refractivity contribution in [2.24, 2.45) is 0 Å². The Hall–Kier alpha value is -3.90. The highest BCUT2D eigenvalue weighted by molar-refractivity contribution is 7.81. The summed E-state index contributed by atoms with van der Waals surface area (Å²) in [5.41, 5.74) is 2.02. The van der Waals surface area contributed by atoms with E-state index in [0.29, 0.717) is 11.7 Å². The minimum Gasteiger partial charge on any atom is -0.383 e. The lowest BCUT2D eigenvalue weighted by Gasteiger charge is -2.21.